The van der Waals surface area contributed by atoms with Gasteiger partial charge in [-0.2, -0.15) is 0 Å². The number of hydrogen-bond donors (Lipinski definition) is 1. The third-order valence-electron chi connectivity index (χ3n) is 2.82. The highest BCUT2D eigenvalue weighted by molar-refractivity contribution is 5.86. The molecule has 1 aromatic heterocycles. The van der Waals surface area contributed by atoms with Crippen LogP contribution in [0.5, 0.6) is 5.75 Å². The second-order valence-corrected chi connectivity index (χ2v) is 4.12. The van der Waals surface area contributed by atoms with E-state index in [4.69, 9.17) is 4.74 Å². The summed E-state index contributed by atoms with van der Waals surface area (Å²) in [6, 6.07) is 5.91. The van der Waals surface area contributed by atoms with E-state index in [1.807, 2.05) is 30.6 Å². The Hall–Kier alpha value is -1.81. The van der Waals surface area contributed by atoms with Gasteiger partial charge in [0.25, 0.3) is 0 Å². The number of hydrogen-bond acceptors (Lipinski definition) is 3. The molecule has 1 heterocycles. The van der Waals surface area contributed by atoms with Crippen molar-refractivity contribution in [2.24, 2.45) is 0 Å². The molecule has 0 saturated heterocycles. The van der Waals surface area contributed by atoms with E-state index in [1.54, 1.807) is 7.11 Å². The molecule has 0 spiro atoms. The highest BCUT2D eigenvalue weighted by Gasteiger charge is 2.03. The van der Waals surface area contributed by atoms with Gasteiger partial charge in [0.15, 0.2) is 0 Å². The van der Waals surface area contributed by atoms with Crippen molar-refractivity contribution in [3.63, 3.8) is 0 Å². The Labute approximate surface area is 118 Å². The molecule has 19 heavy (non-hydrogen) atoms. The molecule has 0 aliphatic carbocycles. The molecule has 2 aromatic rings. The number of methoxy groups -OCH3 is 1. The summed E-state index contributed by atoms with van der Waals surface area (Å²) in [4.78, 5) is 15.1. The van der Waals surface area contributed by atoms with Gasteiger partial charge in [0, 0.05) is 31.2 Å². The molecule has 4 nitrogen and oxygen atoms in total. The number of carbonyl (C=O) groups excluding carboxylic acids is 1. The fraction of sp³-hybridized carbons (Fsp3) is 0.286. The maximum absolute atomic E-state index is 10.9. The molecule has 1 amide bonds. The maximum atomic E-state index is 10.9. The molecule has 102 valence electrons. The van der Waals surface area contributed by atoms with Crippen LogP contribution in [0.25, 0.3) is 10.8 Å². The number of ether oxygens (including phenoxy) is 1. The van der Waals surface area contributed by atoms with Gasteiger partial charge < -0.3 is 10.1 Å². The summed E-state index contributed by atoms with van der Waals surface area (Å²) in [5, 5.41) is 4.99. The van der Waals surface area contributed by atoms with Crippen LogP contribution in [0.4, 0.5) is 0 Å². The Kier molecular flexibility index (Phi) is 5.57. The van der Waals surface area contributed by atoms with E-state index in [2.05, 4.69) is 10.3 Å². The zero-order valence-corrected chi connectivity index (χ0v) is 11.8. The Bertz CT molecular complexity index is 572. The van der Waals surface area contributed by atoms with Crippen molar-refractivity contribution in [2.75, 3.05) is 13.7 Å². The Morgan fingerprint density at radius 1 is 1.37 bits per heavy atom. The average Bonchev–Trinajstić information content (AvgIpc) is 2.38. The van der Waals surface area contributed by atoms with E-state index in [9.17, 15) is 4.79 Å². The van der Waals surface area contributed by atoms with E-state index in [0.717, 1.165) is 28.5 Å². The molecular formula is C14H17ClN2O2. The van der Waals surface area contributed by atoms with Crippen molar-refractivity contribution in [3.8, 4) is 5.75 Å². The molecular weight excluding hydrogens is 264 g/mol. The number of nitrogens with one attached hydrogen (secondary N) is 1. The lowest BCUT2D eigenvalue weighted by Crippen LogP contribution is -2.22. The van der Waals surface area contributed by atoms with Gasteiger partial charge in [-0.3, -0.25) is 9.78 Å². The number of aromatic nitrogens is 1. The van der Waals surface area contributed by atoms with Crippen LogP contribution in [0.1, 0.15) is 12.5 Å². The first-order chi connectivity index (χ1) is 8.70. The predicted octanol–water partition coefficient (Wildman–Crippen LogP) is 2.34. The summed E-state index contributed by atoms with van der Waals surface area (Å²) >= 11 is 0. The van der Waals surface area contributed by atoms with Gasteiger partial charge in [0.05, 0.1) is 7.11 Å². The van der Waals surface area contributed by atoms with Crippen molar-refractivity contribution < 1.29 is 9.53 Å². The van der Waals surface area contributed by atoms with Crippen molar-refractivity contribution in [1.29, 1.82) is 0 Å². The van der Waals surface area contributed by atoms with Crippen LogP contribution >= 0.6 is 12.4 Å². The maximum Gasteiger partial charge on any atom is 0.216 e. The number of nitrogens with zero attached hydrogens (tertiary/aromatic N) is 1. The molecule has 1 N–H and O–H groups in total. The molecule has 1 aromatic carbocycles. The average molecular weight is 281 g/mol. The van der Waals surface area contributed by atoms with Gasteiger partial charge in [-0.1, -0.05) is 0 Å². The zero-order valence-electron chi connectivity index (χ0n) is 11.0. The molecule has 0 aliphatic heterocycles. The smallest absolute Gasteiger partial charge is 0.216 e. The molecule has 0 aliphatic rings. The molecule has 0 atom stereocenters. The van der Waals surface area contributed by atoms with Crippen molar-refractivity contribution in [3.05, 3.63) is 36.2 Å². The molecule has 5 heteroatoms. The van der Waals surface area contributed by atoms with Gasteiger partial charge in [0.1, 0.15) is 5.75 Å². The highest BCUT2D eigenvalue weighted by Crippen LogP contribution is 2.23. The number of rotatable bonds is 4. The van der Waals surface area contributed by atoms with E-state index >= 15 is 0 Å². The number of halogens is 1. The highest BCUT2D eigenvalue weighted by atomic mass is 35.5. The second kappa shape index (κ2) is 6.95. The predicted molar refractivity (Wildman–Crippen MR) is 77.9 cm³/mol. The van der Waals surface area contributed by atoms with Crippen LogP contribution in [0.15, 0.2) is 30.6 Å². The third-order valence-corrected chi connectivity index (χ3v) is 2.82. The number of benzene rings is 1. The minimum absolute atomic E-state index is 0. The van der Waals surface area contributed by atoms with Crippen LogP contribution in [-0.2, 0) is 11.2 Å². The van der Waals surface area contributed by atoms with Crippen molar-refractivity contribution >= 4 is 29.1 Å². The van der Waals surface area contributed by atoms with E-state index in [1.165, 1.54) is 6.92 Å². The molecule has 0 saturated carbocycles. The lowest BCUT2D eigenvalue weighted by atomic mass is 10.1. The lowest BCUT2D eigenvalue weighted by molar-refractivity contribution is -0.118. The zero-order chi connectivity index (χ0) is 13.0. The second-order valence-electron chi connectivity index (χ2n) is 4.12. The molecule has 0 fully saturated rings. The van der Waals surface area contributed by atoms with Gasteiger partial charge in [-0.05, 0) is 35.6 Å². The van der Waals surface area contributed by atoms with E-state index in [-0.39, 0.29) is 18.3 Å². The van der Waals surface area contributed by atoms with Crippen LogP contribution in [-0.4, -0.2) is 24.5 Å². The summed E-state index contributed by atoms with van der Waals surface area (Å²) in [6.07, 6.45) is 4.43. The summed E-state index contributed by atoms with van der Waals surface area (Å²) in [7, 11) is 1.65. The summed E-state index contributed by atoms with van der Waals surface area (Å²) in [5.41, 5.74) is 1.11. The fourth-order valence-corrected chi connectivity index (χ4v) is 1.90. The normalized spacial score (nSPS) is 9.79. The van der Waals surface area contributed by atoms with Crippen LogP contribution in [0, 0.1) is 0 Å². The Balaban J connectivity index is 0.00000180. The van der Waals surface area contributed by atoms with Crippen molar-refractivity contribution in [2.45, 2.75) is 13.3 Å². The van der Waals surface area contributed by atoms with Crippen LogP contribution in [0.2, 0.25) is 0 Å². The number of pyridine rings is 1. The van der Waals surface area contributed by atoms with Crippen molar-refractivity contribution in [1.82, 2.24) is 10.3 Å². The standard InChI is InChI=1S/C14H16N2O2.ClH/c1-10(17)16-6-5-12-9-15-8-11-3-4-13(18-2)7-14(11)12;/h3-4,7-9H,5-6H2,1-2H3,(H,16,17);1H. The van der Waals surface area contributed by atoms with Gasteiger partial charge >= 0.3 is 0 Å². The van der Waals surface area contributed by atoms with E-state index < -0.39 is 0 Å². The Morgan fingerprint density at radius 2 is 2.16 bits per heavy atom. The first-order valence-electron chi connectivity index (χ1n) is 5.86. The number of amides is 1. The van der Waals surface area contributed by atoms with Gasteiger partial charge in [0.2, 0.25) is 5.91 Å². The van der Waals surface area contributed by atoms with Gasteiger partial charge in [-0.15, -0.1) is 12.4 Å². The minimum atomic E-state index is -0.0132. The molecule has 0 radical (unpaired) electrons. The summed E-state index contributed by atoms with van der Waals surface area (Å²) in [6.45, 7) is 2.14. The molecule has 0 bridgehead atoms. The van der Waals surface area contributed by atoms with Gasteiger partial charge in [-0.25, -0.2) is 0 Å². The summed E-state index contributed by atoms with van der Waals surface area (Å²) in [5.74, 6) is 0.815. The minimum Gasteiger partial charge on any atom is -0.497 e. The van der Waals surface area contributed by atoms with Crippen LogP contribution < -0.4 is 10.1 Å². The molecule has 0 unspecified atom stereocenters. The fourth-order valence-electron chi connectivity index (χ4n) is 1.90. The third kappa shape index (κ3) is 3.83. The largest absolute Gasteiger partial charge is 0.497 e. The van der Waals surface area contributed by atoms with Crippen LogP contribution in [0.3, 0.4) is 0 Å². The monoisotopic (exact) mass is 280 g/mol. The topological polar surface area (TPSA) is 51.2 Å². The first-order valence-corrected chi connectivity index (χ1v) is 5.86. The van der Waals surface area contributed by atoms with E-state index in [0.29, 0.717) is 6.54 Å². The SMILES string of the molecule is COc1ccc2cncc(CCNC(C)=O)c2c1.Cl. The Morgan fingerprint density at radius 3 is 2.84 bits per heavy atom. The molecule has 2 rings (SSSR count). The first kappa shape index (κ1) is 15.2. The number of carbonyl (C=O) groups is 1. The lowest BCUT2D eigenvalue weighted by Gasteiger charge is -2.08. The summed E-state index contributed by atoms with van der Waals surface area (Å²) < 4.78 is 5.23. The number of fused-ring (bicyclic) bond motifs is 1. The quantitative estimate of drug-likeness (QED) is 0.935.